The van der Waals surface area contributed by atoms with E-state index in [4.69, 9.17) is 13.9 Å². The molecular formula is C18H21NO6S. The number of para-hydroxylation sites is 1. The Balaban J connectivity index is 1.52. The second-order valence-corrected chi connectivity index (χ2v) is 8.18. The monoisotopic (exact) mass is 379 g/mol. The number of aryl methyl sites for hydroxylation is 1. The van der Waals surface area contributed by atoms with Crippen LogP contribution in [0, 0.1) is 6.92 Å². The highest BCUT2D eigenvalue weighted by molar-refractivity contribution is 7.89. The van der Waals surface area contributed by atoms with Gasteiger partial charge in [0.1, 0.15) is 30.0 Å². The molecule has 8 heteroatoms. The van der Waals surface area contributed by atoms with Crippen molar-refractivity contribution >= 4 is 10.0 Å². The van der Waals surface area contributed by atoms with Gasteiger partial charge >= 0.3 is 5.63 Å². The minimum Gasteiger partial charge on any atom is -0.492 e. The van der Waals surface area contributed by atoms with Crippen LogP contribution in [0.25, 0.3) is 0 Å². The first-order chi connectivity index (χ1) is 12.4. The number of rotatable bonds is 7. The Kier molecular flexibility index (Phi) is 5.63. The van der Waals surface area contributed by atoms with Crippen molar-refractivity contribution < 1.29 is 22.3 Å². The van der Waals surface area contributed by atoms with Crippen LogP contribution in [0.3, 0.4) is 0 Å². The number of nitrogens with zero attached hydrogens (tertiary/aromatic N) is 1. The molecule has 1 atom stereocenters. The lowest BCUT2D eigenvalue weighted by molar-refractivity contribution is 0.212. The standard InChI is InChI=1S/C18H21NO6S/c1-14-11-17(12-18(20)24-14)25-16-7-8-19(13-16)26(21,22)10-9-23-15-5-3-2-4-6-15/h2-6,11-12,16H,7-10,13H2,1H3. The van der Waals surface area contributed by atoms with Gasteiger partial charge in [-0.25, -0.2) is 13.2 Å². The summed E-state index contributed by atoms with van der Waals surface area (Å²) < 4.78 is 42.4. The van der Waals surface area contributed by atoms with E-state index in [9.17, 15) is 13.2 Å². The van der Waals surface area contributed by atoms with Crippen LogP contribution in [0.2, 0.25) is 0 Å². The van der Waals surface area contributed by atoms with E-state index in [1.54, 1.807) is 25.1 Å². The van der Waals surface area contributed by atoms with Crippen molar-refractivity contribution in [2.45, 2.75) is 19.4 Å². The third kappa shape index (κ3) is 4.86. The Morgan fingerprint density at radius 3 is 2.69 bits per heavy atom. The van der Waals surface area contributed by atoms with E-state index in [0.717, 1.165) is 0 Å². The van der Waals surface area contributed by atoms with Gasteiger partial charge < -0.3 is 13.9 Å². The summed E-state index contributed by atoms with van der Waals surface area (Å²) in [4.78, 5) is 11.4. The molecule has 2 heterocycles. The minimum absolute atomic E-state index is 0.0906. The van der Waals surface area contributed by atoms with E-state index in [-0.39, 0.29) is 25.0 Å². The van der Waals surface area contributed by atoms with Crippen LogP contribution < -0.4 is 15.1 Å². The van der Waals surface area contributed by atoms with Gasteiger partial charge in [0.05, 0.1) is 18.4 Å². The van der Waals surface area contributed by atoms with E-state index in [1.165, 1.54) is 10.4 Å². The summed E-state index contributed by atoms with van der Waals surface area (Å²) in [6, 6.07) is 12.0. The maximum atomic E-state index is 12.5. The summed E-state index contributed by atoms with van der Waals surface area (Å²) in [6.07, 6.45) is 0.277. The van der Waals surface area contributed by atoms with Crippen LogP contribution in [-0.4, -0.2) is 44.3 Å². The molecule has 3 rings (SSSR count). The van der Waals surface area contributed by atoms with Crippen LogP contribution in [0.15, 0.2) is 51.7 Å². The number of benzene rings is 1. The highest BCUT2D eigenvalue weighted by atomic mass is 32.2. The Morgan fingerprint density at radius 1 is 1.19 bits per heavy atom. The van der Waals surface area contributed by atoms with Crippen LogP contribution >= 0.6 is 0 Å². The zero-order valence-electron chi connectivity index (χ0n) is 14.5. The van der Waals surface area contributed by atoms with E-state index in [0.29, 0.717) is 30.2 Å². The average molecular weight is 379 g/mol. The van der Waals surface area contributed by atoms with Crippen LogP contribution in [0.4, 0.5) is 0 Å². The second-order valence-electron chi connectivity index (χ2n) is 6.09. The number of ether oxygens (including phenoxy) is 2. The fraction of sp³-hybridized carbons (Fsp3) is 0.389. The zero-order valence-corrected chi connectivity index (χ0v) is 15.3. The Bertz CT molecular complexity index is 893. The third-order valence-corrected chi connectivity index (χ3v) is 5.83. The quantitative estimate of drug-likeness (QED) is 0.729. The first-order valence-electron chi connectivity index (χ1n) is 8.36. The molecule has 26 heavy (non-hydrogen) atoms. The molecule has 1 saturated heterocycles. The van der Waals surface area contributed by atoms with Gasteiger partial charge in [0, 0.05) is 12.6 Å². The summed E-state index contributed by atoms with van der Waals surface area (Å²) in [5, 5.41) is 0. The maximum Gasteiger partial charge on any atom is 0.339 e. The van der Waals surface area contributed by atoms with Gasteiger partial charge in [-0.3, -0.25) is 0 Å². The predicted molar refractivity (Wildman–Crippen MR) is 96.0 cm³/mol. The van der Waals surface area contributed by atoms with E-state index < -0.39 is 15.6 Å². The average Bonchev–Trinajstić information content (AvgIpc) is 3.04. The highest BCUT2D eigenvalue weighted by Crippen LogP contribution is 2.20. The molecule has 1 aliphatic rings. The molecule has 1 aromatic carbocycles. The van der Waals surface area contributed by atoms with Crippen molar-refractivity contribution in [3.63, 3.8) is 0 Å². The normalized spacial score (nSPS) is 18.0. The van der Waals surface area contributed by atoms with E-state index >= 15 is 0 Å². The van der Waals surface area contributed by atoms with Crippen molar-refractivity contribution in [2.75, 3.05) is 25.4 Å². The zero-order chi connectivity index (χ0) is 18.6. The molecule has 7 nitrogen and oxygen atoms in total. The predicted octanol–water partition coefficient (Wildman–Crippen LogP) is 1.81. The van der Waals surface area contributed by atoms with Crippen LogP contribution in [0.1, 0.15) is 12.2 Å². The molecule has 1 fully saturated rings. The Morgan fingerprint density at radius 2 is 1.96 bits per heavy atom. The molecule has 0 radical (unpaired) electrons. The summed E-state index contributed by atoms with van der Waals surface area (Å²) in [5.41, 5.74) is -0.486. The molecule has 1 unspecified atom stereocenters. The molecule has 0 spiro atoms. The van der Waals surface area contributed by atoms with Crippen molar-refractivity contribution in [1.29, 1.82) is 0 Å². The van der Waals surface area contributed by atoms with E-state index in [2.05, 4.69) is 0 Å². The molecule has 0 bridgehead atoms. The van der Waals surface area contributed by atoms with E-state index in [1.807, 2.05) is 18.2 Å². The molecule has 0 amide bonds. The van der Waals surface area contributed by atoms with Crippen LogP contribution in [-0.2, 0) is 10.0 Å². The van der Waals surface area contributed by atoms with Gasteiger partial charge in [0.15, 0.2) is 0 Å². The lowest BCUT2D eigenvalue weighted by Crippen LogP contribution is -2.34. The van der Waals surface area contributed by atoms with Crippen molar-refractivity contribution in [3.05, 3.63) is 58.6 Å². The van der Waals surface area contributed by atoms with Crippen molar-refractivity contribution in [2.24, 2.45) is 0 Å². The molecule has 2 aromatic rings. The molecule has 0 N–H and O–H groups in total. The summed E-state index contributed by atoms with van der Waals surface area (Å²) in [6.45, 7) is 2.39. The summed E-state index contributed by atoms with van der Waals surface area (Å²) >= 11 is 0. The van der Waals surface area contributed by atoms with Gasteiger partial charge in [-0.05, 0) is 25.5 Å². The first kappa shape index (κ1) is 18.5. The van der Waals surface area contributed by atoms with Gasteiger partial charge in [0.2, 0.25) is 10.0 Å². The number of hydrogen-bond acceptors (Lipinski definition) is 6. The van der Waals surface area contributed by atoms with Crippen molar-refractivity contribution in [1.82, 2.24) is 4.31 Å². The molecule has 1 aromatic heterocycles. The molecule has 1 aliphatic heterocycles. The molecular weight excluding hydrogens is 358 g/mol. The lowest BCUT2D eigenvalue weighted by atomic mass is 10.3. The van der Waals surface area contributed by atoms with Gasteiger partial charge in [-0.15, -0.1) is 0 Å². The fourth-order valence-corrected chi connectivity index (χ4v) is 4.12. The highest BCUT2D eigenvalue weighted by Gasteiger charge is 2.32. The van der Waals surface area contributed by atoms with Gasteiger partial charge in [0.25, 0.3) is 0 Å². The largest absolute Gasteiger partial charge is 0.492 e. The first-order valence-corrected chi connectivity index (χ1v) is 9.97. The SMILES string of the molecule is Cc1cc(OC2CCN(S(=O)(=O)CCOc3ccccc3)C2)cc(=O)o1. The molecule has 0 saturated carbocycles. The van der Waals surface area contributed by atoms with Crippen LogP contribution in [0.5, 0.6) is 11.5 Å². The number of sulfonamides is 1. The summed E-state index contributed by atoms with van der Waals surface area (Å²) in [5.74, 6) is 1.40. The molecule has 0 aliphatic carbocycles. The Hall–Kier alpha value is -2.32. The second kappa shape index (κ2) is 7.92. The lowest BCUT2D eigenvalue weighted by Gasteiger charge is -2.17. The fourth-order valence-electron chi connectivity index (χ4n) is 2.79. The Labute approximate surface area is 152 Å². The van der Waals surface area contributed by atoms with Gasteiger partial charge in [-0.2, -0.15) is 4.31 Å². The molecule has 140 valence electrons. The third-order valence-electron chi connectivity index (χ3n) is 4.02. The topological polar surface area (TPSA) is 86.0 Å². The van der Waals surface area contributed by atoms with Gasteiger partial charge in [-0.1, -0.05) is 18.2 Å². The maximum absolute atomic E-state index is 12.5. The smallest absolute Gasteiger partial charge is 0.339 e. The van der Waals surface area contributed by atoms with Crippen molar-refractivity contribution in [3.8, 4) is 11.5 Å². The number of hydrogen-bond donors (Lipinski definition) is 0. The minimum atomic E-state index is -3.42. The summed E-state index contributed by atoms with van der Waals surface area (Å²) in [7, 11) is -3.42.